The van der Waals surface area contributed by atoms with E-state index in [2.05, 4.69) is 36.6 Å². The summed E-state index contributed by atoms with van der Waals surface area (Å²) < 4.78 is 29.2. The smallest absolute Gasteiger partial charge is 0.271 e. The Morgan fingerprint density at radius 3 is 2.47 bits per heavy atom. The third-order valence-electron chi connectivity index (χ3n) is 2.61. The zero-order valence-corrected chi connectivity index (χ0v) is 15.0. The Bertz CT molecular complexity index is 704. The predicted octanol–water partition coefficient (Wildman–Crippen LogP) is 4.69. The number of rotatable bonds is 3. The number of aryl methyl sites for hydroxylation is 1. The summed E-state index contributed by atoms with van der Waals surface area (Å²) in [6.07, 6.45) is 0. The molecule has 1 heterocycles. The van der Waals surface area contributed by atoms with Crippen molar-refractivity contribution < 1.29 is 8.42 Å². The van der Waals surface area contributed by atoms with Gasteiger partial charge in [0.2, 0.25) is 0 Å². The molecule has 0 unspecified atom stereocenters. The average molecular weight is 425 g/mol. The Morgan fingerprint density at radius 1 is 1.21 bits per heavy atom. The molecule has 0 atom stereocenters. The van der Waals surface area contributed by atoms with Crippen molar-refractivity contribution in [1.82, 2.24) is 0 Å². The van der Waals surface area contributed by atoms with E-state index in [1.54, 1.807) is 18.2 Å². The molecule has 0 radical (unpaired) electrons. The lowest BCUT2D eigenvalue weighted by Gasteiger charge is -2.10. The highest BCUT2D eigenvalue weighted by atomic mass is 79.9. The van der Waals surface area contributed by atoms with Crippen molar-refractivity contribution in [3.8, 4) is 0 Å². The van der Waals surface area contributed by atoms with Crippen LogP contribution in [0.5, 0.6) is 0 Å². The Hall–Kier alpha value is -0.370. The quantitative estimate of drug-likeness (QED) is 0.776. The van der Waals surface area contributed by atoms with Crippen LogP contribution in [0, 0.1) is 13.8 Å². The van der Waals surface area contributed by atoms with Gasteiger partial charge in [-0.3, -0.25) is 4.72 Å². The first-order valence-electron chi connectivity index (χ1n) is 5.35. The van der Waals surface area contributed by atoms with Crippen LogP contribution in [0.4, 0.5) is 5.69 Å². The minimum atomic E-state index is -3.54. The molecule has 0 aliphatic carbocycles. The van der Waals surface area contributed by atoms with Crippen molar-refractivity contribution in [2.45, 2.75) is 18.1 Å². The number of anilines is 1. The molecule has 0 aliphatic rings. The van der Waals surface area contributed by atoms with E-state index in [1.807, 2.05) is 19.9 Å². The fourth-order valence-electron chi connectivity index (χ4n) is 1.48. The molecule has 7 heteroatoms. The second-order valence-electron chi connectivity index (χ2n) is 4.04. The summed E-state index contributed by atoms with van der Waals surface area (Å²) in [6, 6.07) is 7.07. The van der Waals surface area contributed by atoms with E-state index in [-0.39, 0.29) is 0 Å². The van der Waals surface area contributed by atoms with E-state index in [1.165, 1.54) is 11.3 Å². The van der Waals surface area contributed by atoms with E-state index in [9.17, 15) is 8.42 Å². The van der Waals surface area contributed by atoms with Crippen LogP contribution in [0.3, 0.4) is 0 Å². The highest BCUT2D eigenvalue weighted by molar-refractivity contribution is 9.11. The van der Waals surface area contributed by atoms with Crippen molar-refractivity contribution in [1.29, 1.82) is 0 Å². The standard InChI is InChI=1S/C12H11Br2NO2S2/c1-7-6-11(18-12(7)14)19(16,17)15-10-5-3-4-9(13)8(10)2/h3-6,15H,1-2H3. The highest BCUT2D eigenvalue weighted by Crippen LogP contribution is 2.32. The molecular weight excluding hydrogens is 414 g/mol. The maximum atomic E-state index is 12.3. The molecule has 102 valence electrons. The fourth-order valence-corrected chi connectivity index (χ4v) is 5.19. The molecule has 19 heavy (non-hydrogen) atoms. The molecule has 2 aromatic rings. The molecule has 3 nitrogen and oxygen atoms in total. The molecule has 0 saturated heterocycles. The Kier molecular flexibility index (Phi) is 4.39. The monoisotopic (exact) mass is 423 g/mol. The molecule has 0 saturated carbocycles. The molecule has 1 aromatic carbocycles. The zero-order chi connectivity index (χ0) is 14.2. The Balaban J connectivity index is 2.39. The average Bonchev–Trinajstić information content (AvgIpc) is 2.66. The van der Waals surface area contributed by atoms with Gasteiger partial charge in [-0.05, 0) is 59.1 Å². The predicted molar refractivity (Wildman–Crippen MR) is 86.4 cm³/mol. The second-order valence-corrected chi connectivity index (χ2v) is 9.17. The van der Waals surface area contributed by atoms with Crippen LogP contribution in [0.15, 0.2) is 36.7 Å². The fraction of sp³-hybridized carbons (Fsp3) is 0.167. The third-order valence-corrected chi connectivity index (χ3v) is 7.45. The van der Waals surface area contributed by atoms with Gasteiger partial charge in [-0.15, -0.1) is 11.3 Å². The van der Waals surface area contributed by atoms with Crippen molar-refractivity contribution >= 4 is 58.9 Å². The van der Waals surface area contributed by atoms with Crippen LogP contribution >= 0.6 is 43.2 Å². The second kappa shape index (κ2) is 5.55. The summed E-state index contributed by atoms with van der Waals surface area (Å²) in [5.41, 5.74) is 2.35. The summed E-state index contributed by atoms with van der Waals surface area (Å²) in [5, 5.41) is 0. The number of thiophene rings is 1. The van der Waals surface area contributed by atoms with Crippen molar-refractivity contribution in [2.75, 3.05) is 4.72 Å². The van der Waals surface area contributed by atoms with Gasteiger partial charge >= 0.3 is 0 Å². The number of hydrogen-bond donors (Lipinski definition) is 1. The summed E-state index contributed by atoms with van der Waals surface area (Å²) >= 11 is 7.93. The van der Waals surface area contributed by atoms with Gasteiger partial charge in [0.05, 0.1) is 9.47 Å². The number of sulfonamides is 1. The molecule has 0 bridgehead atoms. The van der Waals surface area contributed by atoms with Gasteiger partial charge in [-0.1, -0.05) is 22.0 Å². The van der Waals surface area contributed by atoms with Crippen molar-refractivity contribution in [2.24, 2.45) is 0 Å². The van der Waals surface area contributed by atoms with E-state index < -0.39 is 10.0 Å². The number of nitrogens with one attached hydrogen (secondary N) is 1. The lowest BCUT2D eigenvalue weighted by Crippen LogP contribution is -2.12. The van der Waals surface area contributed by atoms with Gasteiger partial charge in [0.15, 0.2) is 0 Å². The molecule has 0 aliphatic heterocycles. The maximum absolute atomic E-state index is 12.3. The van der Waals surface area contributed by atoms with Gasteiger partial charge in [-0.2, -0.15) is 0 Å². The van der Waals surface area contributed by atoms with Crippen LogP contribution in [-0.2, 0) is 10.0 Å². The summed E-state index contributed by atoms with van der Waals surface area (Å²) in [4.78, 5) is 0. The van der Waals surface area contributed by atoms with E-state index in [0.717, 1.165) is 19.4 Å². The highest BCUT2D eigenvalue weighted by Gasteiger charge is 2.19. The number of benzene rings is 1. The summed E-state index contributed by atoms with van der Waals surface area (Å²) in [5.74, 6) is 0. The van der Waals surface area contributed by atoms with Gasteiger partial charge in [-0.25, -0.2) is 8.42 Å². The number of hydrogen-bond acceptors (Lipinski definition) is 3. The summed E-state index contributed by atoms with van der Waals surface area (Å²) in [7, 11) is -3.54. The molecule has 0 spiro atoms. The first-order chi connectivity index (χ1) is 8.81. The third kappa shape index (κ3) is 3.21. The van der Waals surface area contributed by atoms with Crippen LogP contribution in [0.2, 0.25) is 0 Å². The molecule has 1 aromatic heterocycles. The summed E-state index contributed by atoms with van der Waals surface area (Å²) in [6.45, 7) is 3.72. The lowest BCUT2D eigenvalue weighted by molar-refractivity contribution is 0.603. The zero-order valence-electron chi connectivity index (χ0n) is 10.2. The van der Waals surface area contributed by atoms with Gasteiger partial charge in [0.25, 0.3) is 10.0 Å². The van der Waals surface area contributed by atoms with Crippen LogP contribution in [0.25, 0.3) is 0 Å². The van der Waals surface area contributed by atoms with Crippen LogP contribution < -0.4 is 4.72 Å². The molecule has 2 rings (SSSR count). The molecule has 0 fully saturated rings. The van der Waals surface area contributed by atoms with Crippen molar-refractivity contribution in [3.63, 3.8) is 0 Å². The minimum absolute atomic E-state index is 0.302. The normalized spacial score (nSPS) is 11.6. The number of halogens is 2. The van der Waals surface area contributed by atoms with E-state index in [4.69, 9.17) is 0 Å². The maximum Gasteiger partial charge on any atom is 0.271 e. The Morgan fingerprint density at radius 2 is 1.89 bits per heavy atom. The minimum Gasteiger partial charge on any atom is -0.279 e. The topological polar surface area (TPSA) is 46.2 Å². The van der Waals surface area contributed by atoms with Gasteiger partial charge in [0.1, 0.15) is 4.21 Å². The Labute approximate surface area is 133 Å². The first-order valence-corrected chi connectivity index (χ1v) is 9.23. The van der Waals surface area contributed by atoms with Crippen molar-refractivity contribution in [3.05, 3.63) is 43.7 Å². The van der Waals surface area contributed by atoms with Crippen LogP contribution in [-0.4, -0.2) is 8.42 Å². The van der Waals surface area contributed by atoms with E-state index >= 15 is 0 Å². The molecule has 1 N–H and O–H groups in total. The molecular formula is C12H11Br2NO2S2. The molecule has 0 amide bonds. The first kappa shape index (κ1) is 15.0. The largest absolute Gasteiger partial charge is 0.279 e. The van der Waals surface area contributed by atoms with Gasteiger partial charge in [0, 0.05) is 4.47 Å². The van der Waals surface area contributed by atoms with E-state index in [0.29, 0.717) is 9.90 Å². The lowest BCUT2D eigenvalue weighted by atomic mass is 10.2. The van der Waals surface area contributed by atoms with Crippen LogP contribution in [0.1, 0.15) is 11.1 Å². The van der Waals surface area contributed by atoms with Gasteiger partial charge < -0.3 is 0 Å². The SMILES string of the molecule is Cc1cc(S(=O)(=O)Nc2cccc(Br)c2C)sc1Br.